The van der Waals surface area contributed by atoms with E-state index in [2.05, 4.69) is 30.0 Å². The first-order valence-electron chi connectivity index (χ1n) is 10.8. The van der Waals surface area contributed by atoms with Gasteiger partial charge < -0.3 is 10.6 Å². The summed E-state index contributed by atoms with van der Waals surface area (Å²) in [5.41, 5.74) is 10.0. The van der Waals surface area contributed by atoms with Crippen molar-refractivity contribution in [1.82, 2.24) is 0 Å². The van der Waals surface area contributed by atoms with Gasteiger partial charge in [0.05, 0.1) is 0 Å². The van der Waals surface area contributed by atoms with Gasteiger partial charge in [-0.25, -0.2) is 0 Å². The summed E-state index contributed by atoms with van der Waals surface area (Å²) in [7, 11) is 0. The molecular formula is C23H36N2O. The van der Waals surface area contributed by atoms with Crippen molar-refractivity contribution in [2.45, 2.75) is 90.0 Å². The maximum absolute atomic E-state index is 12.9. The Balaban J connectivity index is 1.61. The summed E-state index contributed by atoms with van der Waals surface area (Å²) in [5, 5.41) is 0. The highest BCUT2D eigenvalue weighted by Crippen LogP contribution is 2.31. The molecule has 1 amide bonds. The Labute approximate surface area is 159 Å². The van der Waals surface area contributed by atoms with Gasteiger partial charge in [-0.15, -0.1) is 0 Å². The second kappa shape index (κ2) is 9.55. The molecule has 2 aliphatic rings. The Morgan fingerprint density at radius 2 is 2.04 bits per heavy atom. The highest BCUT2D eigenvalue weighted by molar-refractivity contribution is 5.94. The summed E-state index contributed by atoms with van der Waals surface area (Å²) in [6.07, 6.45) is 13.8. The molecule has 3 nitrogen and oxygen atoms in total. The smallest absolute Gasteiger partial charge is 0.226 e. The van der Waals surface area contributed by atoms with E-state index < -0.39 is 0 Å². The molecule has 0 aromatic heterocycles. The van der Waals surface area contributed by atoms with Gasteiger partial charge >= 0.3 is 0 Å². The van der Waals surface area contributed by atoms with Crippen LogP contribution in [0.2, 0.25) is 0 Å². The molecule has 1 aromatic carbocycles. The number of hydrogen-bond donors (Lipinski definition) is 1. The molecule has 3 rings (SSSR count). The number of carbonyl (C=O) groups is 1. The third kappa shape index (κ3) is 5.09. The van der Waals surface area contributed by atoms with E-state index in [0.717, 1.165) is 56.7 Å². The van der Waals surface area contributed by atoms with Crippen LogP contribution in [0.3, 0.4) is 0 Å². The molecule has 1 aliphatic heterocycles. The molecule has 144 valence electrons. The largest absolute Gasteiger partial charge is 0.327 e. The van der Waals surface area contributed by atoms with Crippen molar-refractivity contribution in [1.29, 1.82) is 0 Å². The fourth-order valence-electron chi connectivity index (χ4n) is 4.75. The van der Waals surface area contributed by atoms with Gasteiger partial charge in [0, 0.05) is 24.7 Å². The molecule has 26 heavy (non-hydrogen) atoms. The Kier molecular flexibility index (Phi) is 7.13. The minimum atomic E-state index is 0.245. The summed E-state index contributed by atoms with van der Waals surface area (Å²) in [5.74, 6) is 1.10. The van der Waals surface area contributed by atoms with E-state index in [1.807, 2.05) is 0 Å². The number of benzene rings is 1. The molecule has 1 fully saturated rings. The van der Waals surface area contributed by atoms with Crippen LogP contribution >= 0.6 is 0 Å². The fraction of sp³-hybridized carbons (Fsp3) is 0.696. The van der Waals surface area contributed by atoms with Crippen molar-refractivity contribution in [2.75, 3.05) is 11.4 Å². The van der Waals surface area contributed by atoms with E-state index >= 15 is 0 Å². The maximum atomic E-state index is 12.9. The highest BCUT2D eigenvalue weighted by atomic mass is 16.2. The second-order valence-corrected chi connectivity index (χ2v) is 8.41. The predicted octanol–water partition coefficient (Wildman–Crippen LogP) is 5.00. The number of fused-ring (bicyclic) bond motifs is 1. The lowest BCUT2D eigenvalue weighted by Crippen LogP contribution is -2.35. The number of nitrogens with zero attached hydrogens (tertiary/aromatic N) is 1. The zero-order chi connectivity index (χ0) is 18.4. The first kappa shape index (κ1) is 19.4. The Hall–Kier alpha value is -1.35. The van der Waals surface area contributed by atoms with Crippen LogP contribution in [0, 0.1) is 5.92 Å². The minimum absolute atomic E-state index is 0.245. The third-order valence-corrected chi connectivity index (χ3v) is 6.21. The van der Waals surface area contributed by atoms with Crippen molar-refractivity contribution < 1.29 is 4.79 Å². The van der Waals surface area contributed by atoms with Crippen molar-refractivity contribution in [2.24, 2.45) is 11.7 Å². The summed E-state index contributed by atoms with van der Waals surface area (Å²) >= 11 is 0. The van der Waals surface area contributed by atoms with Crippen molar-refractivity contribution in [3.63, 3.8) is 0 Å². The minimum Gasteiger partial charge on any atom is -0.327 e. The van der Waals surface area contributed by atoms with E-state index in [1.165, 1.54) is 43.2 Å². The number of nitrogens with two attached hydrogens (primary N) is 1. The Bertz CT molecular complexity index is 592. The molecule has 1 unspecified atom stereocenters. The molecule has 1 atom stereocenters. The van der Waals surface area contributed by atoms with E-state index in [0.29, 0.717) is 12.3 Å². The second-order valence-electron chi connectivity index (χ2n) is 8.41. The fourth-order valence-corrected chi connectivity index (χ4v) is 4.75. The van der Waals surface area contributed by atoms with Gasteiger partial charge in [-0.1, -0.05) is 57.6 Å². The monoisotopic (exact) mass is 356 g/mol. The number of amides is 1. The summed E-state index contributed by atoms with van der Waals surface area (Å²) < 4.78 is 0. The van der Waals surface area contributed by atoms with E-state index in [-0.39, 0.29) is 6.04 Å². The number of hydrogen-bond acceptors (Lipinski definition) is 2. The number of carbonyl (C=O) groups excluding carboxylic acids is 1. The average Bonchev–Trinajstić information content (AvgIpc) is 2.66. The molecule has 0 saturated heterocycles. The van der Waals surface area contributed by atoms with Crippen LogP contribution in [0.4, 0.5) is 5.69 Å². The molecule has 1 heterocycles. The quantitative estimate of drug-likeness (QED) is 0.747. The molecule has 1 aliphatic carbocycles. The summed E-state index contributed by atoms with van der Waals surface area (Å²) in [6, 6.07) is 6.89. The van der Waals surface area contributed by atoms with Crippen molar-refractivity contribution >= 4 is 11.6 Å². The molecule has 0 bridgehead atoms. The molecule has 0 spiro atoms. The van der Waals surface area contributed by atoms with Crippen LogP contribution in [-0.4, -0.2) is 18.5 Å². The maximum Gasteiger partial charge on any atom is 0.226 e. The van der Waals surface area contributed by atoms with Gasteiger partial charge in [0.1, 0.15) is 0 Å². The first-order chi connectivity index (χ1) is 12.7. The zero-order valence-electron chi connectivity index (χ0n) is 16.5. The zero-order valence-corrected chi connectivity index (χ0v) is 16.5. The average molecular weight is 357 g/mol. The van der Waals surface area contributed by atoms with Crippen LogP contribution in [0.1, 0.15) is 82.3 Å². The van der Waals surface area contributed by atoms with Gasteiger partial charge in [0.25, 0.3) is 0 Å². The van der Waals surface area contributed by atoms with Gasteiger partial charge in [-0.05, 0) is 55.2 Å². The number of aryl methyl sites for hydroxylation is 1. The van der Waals surface area contributed by atoms with Gasteiger partial charge in [-0.2, -0.15) is 0 Å². The number of anilines is 1. The molecule has 3 heteroatoms. The molecule has 1 saturated carbocycles. The van der Waals surface area contributed by atoms with Gasteiger partial charge in [0.15, 0.2) is 0 Å². The normalized spacial score (nSPS) is 19.2. The molecule has 2 N–H and O–H groups in total. The Morgan fingerprint density at radius 3 is 2.81 bits per heavy atom. The SMILES string of the molecule is CCCC(N)Cc1ccc2c(c1)CCCN2C(=O)CCC1CCCCC1. The molecular weight excluding hydrogens is 320 g/mol. The van der Waals surface area contributed by atoms with E-state index in [1.54, 1.807) is 0 Å². The lowest BCUT2D eigenvalue weighted by molar-refractivity contribution is -0.119. The van der Waals surface area contributed by atoms with Crippen LogP contribution in [-0.2, 0) is 17.6 Å². The topological polar surface area (TPSA) is 46.3 Å². The summed E-state index contributed by atoms with van der Waals surface area (Å²) in [6.45, 7) is 3.06. The van der Waals surface area contributed by atoms with Crippen LogP contribution in [0.5, 0.6) is 0 Å². The predicted molar refractivity (Wildman–Crippen MR) is 110 cm³/mol. The van der Waals surface area contributed by atoms with Crippen molar-refractivity contribution in [3.8, 4) is 0 Å². The number of rotatable bonds is 7. The lowest BCUT2D eigenvalue weighted by Gasteiger charge is -2.31. The molecule has 0 radical (unpaired) electrons. The van der Waals surface area contributed by atoms with Crippen LogP contribution in [0.25, 0.3) is 0 Å². The van der Waals surface area contributed by atoms with Crippen LogP contribution in [0.15, 0.2) is 18.2 Å². The summed E-state index contributed by atoms with van der Waals surface area (Å²) in [4.78, 5) is 14.9. The van der Waals surface area contributed by atoms with Crippen LogP contribution < -0.4 is 10.6 Å². The lowest BCUT2D eigenvalue weighted by atomic mass is 9.86. The molecule has 1 aromatic rings. The van der Waals surface area contributed by atoms with Gasteiger partial charge in [0.2, 0.25) is 5.91 Å². The van der Waals surface area contributed by atoms with E-state index in [4.69, 9.17) is 5.73 Å². The first-order valence-corrected chi connectivity index (χ1v) is 10.8. The standard InChI is InChI=1S/C23H36N2O/c1-2-7-21(24)17-19-11-13-22-20(16-19)10-6-15-25(22)23(26)14-12-18-8-4-3-5-9-18/h11,13,16,18,21H,2-10,12,14-15,17,24H2,1H3. The van der Waals surface area contributed by atoms with E-state index in [9.17, 15) is 4.79 Å². The third-order valence-electron chi connectivity index (χ3n) is 6.21. The Morgan fingerprint density at radius 1 is 1.23 bits per heavy atom. The van der Waals surface area contributed by atoms with Crippen molar-refractivity contribution in [3.05, 3.63) is 29.3 Å². The highest BCUT2D eigenvalue weighted by Gasteiger charge is 2.24. The van der Waals surface area contributed by atoms with Gasteiger partial charge in [-0.3, -0.25) is 4.79 Å².